The fourth-order valence-electron chi connectivity index (χ4n) is 3.20. The summed E-state index contributed by atoms with van der Waals surface area (Å²) in [6, 6.07) is 8.68. The number of hydrogen-bond donors (Lipinski definition) is 1. The molecule has 2 aromatic rings. The van der Waals surface area contributed by atoms with E-state index in [1.54, 1.807) is 31.2 Å². The van der Waals surface area contributed by atoms with Crippen molar-refractivity contribution in [2.45, 2.75) is 32.4 Å². The molecule has 0 bridgehead atoms. The molecule has 1 atom stereocenters. The summed E-state index contributed by atoms with van der Waals surface area (Å²) in [5.41, 5.74) is 1.81. The topological polar surface area (TPSA) is 71.5 Å². The van der Waals surface area contributed by atoms with Crippen molar-refractivity contribution < 1.29 is 14.3 Å². The Bertz CT molecular complexity index is 898. The Kier molecular flexibility index (Phi) is 4.74. The summed E-state index contributed by atoms with van der Waals surface area (Å²) in [7, 11) is 0. The summed E-state index contributed by atoms with van der Waals surface area (Å²) in [5.74, 6) is 0.942. The number of amides is 2. The van der Waals surface area contributed by atoms with Gasteiger partial charge >= 0.3 is 0 Å². The molecular weight excluding hydrogens is 366 g/mol. The fraction of sp³-hybridized carbons (Fsp3) is 0.350. The van der Waals surface area contributed by atoms with Gasteiger partial charge in [-0.15, -0.1) is 0 Å². The number of benzene rings is 1. The van der Waals surface area contributed by atoms with Crippen LogP contribution in [0.4, 0.5) is 5.69 Å². The lowest BCUT2D eigenvalue weighted by Gasteiger charge is -2.22. The molecule has 1 aliphatic heterocycles. The summed E-state index contributed by atoms with van der Waals surface area (Å²) in [4.78, 5) is 30.8. The largest absolute Gasteiger partial charge is 0.481 e. The van der Waals surface area contributed by atoms with Gasteiger partial charge in [-0.2, -0.15) is 0 Å². The third kappa shape index (κ3) is 3.90. The summed E-state index contributed by atoms with van der Waals surface area (Å²) in [6.45, 7) is 3.01. The zero-order valence-electron chi connectivity index (χ0n) is 14.9. The van der Waals surface area contributed by atoms with Gasteiger partial charge in [0.05, 0.1) is 5.56 Å². The average Bonchev–Trinajstić information content (AvgIpc) is 3.47. The molecule has 140 valence electrons. The van der Waals surface area contributed by atoms with Gasteiger partial charge in [0.2, 0.25) is 0 Å². The number of anilines is 1. The van der Waals surface area contributed by atoms with Gasteiger partial charge in [0.1, 0.15) is 10.9 Å². The highest BCUT2D eigenvalue weighted by molar-refractivity contribution is 6.33. The molecule has 27 heavy (non-hydrogen) atoms. The number of carbonyl (C=O) groups excluding carboxylic acids is 2. The Hall–Kier alpha value is -2.60. The van der Waals surface area contributed by atoms with E-state index in [-0.39, 0.29) is 17.0 Å². The first-order valence-electron chi connectivity index (χ1n) is 9.01. The molecule has 1 N–H and O–H groups in total. The molecule has 1 unspecified atom stereocenters. The summed E-state index contributed by atoms with van der Waals surface area (Å²) >= 11 is 5.99. The van der Waals surface area contributed by atoms with Crippen molar-refractivity contribution in [3.8, 4) is 5.75 Å². The molecule has 6 nitrogen and oxygen atoms in total. The molecule has 1 saturated carbocycles. The lowest BCUT2D eigenvalue weighted by Crippen LogP contribution is -2.39. The molecule has 1 fully saturated rings. The molecule has 0 radical (unpaired) electrons. The van der Waals surface area contributed by atoms with E-state index in [1.165, 1.54) is 19.0 Å². The number of hydrogen-bond acceptors (Lipinski definition) is 4. The molecule has 0 saturated heterocycles. The van der Waals surface area contributed by atoms with E-state index in [1.807, 2.05) is 11.0 Å². The van der Waals surface area contributed by atoms with Gasteiger partial charge in [-0.05, 0) is 56.0 Å². The van der Waals surface area contributed by atoms with Crippen molar-refractivity contribution in [1.82, 2.24) is 9.88 Å². The number of rotatable bonds is 4. The fourth-order valence-corrected chi connectivity index (χ4v) is 3.40. The highest BCUT2D eigenvalue weighted by atomic mass is 35.5. The van der Waals surface area contributed by atoms with Crippen LogP contribution < -0.4 is 10.1 Å². The predicted molar refractivity (Wildman–Crippen MR) is 102 cm³/mol. The minimum absolute atomic E-state index is 0.00540. The maximum Gasteiger partial charge on any atom is 0.263 e. The summed E-state index contributed by atoms with van der Waals surface area (Å²) < 4.78 is 5.83. The quantitative estimate of drug-likeness (QED) is 0.817. The van der Waals surface area contributed by atoms with Crippen LogP contribution in [0.2, 0.25) is 5.15 Å². The van der Waals surface area contributed by atoms with Crippen LogP contribution in [0.5, 0.6) is 5.75 Å². The third-order valence-corrected chi connectivity index (χ3v) is 5.12. The van der Waals surface area contributed by atoms with Crippen LogP contribution in [0.25, 0.3) is 0 Å². The zero-order chi connectivity index (χ0) is 19.0. The molecule has 1 aliphatic carbocycles. The van der Waals surface area contributed by atoms with E-state index in [2.05, 4.69) is 10.3 Å². The number of fused-ring (bicyclic) bond motifs is 1. The minimum Gasteiger partial charge on any atom is -0.481 e. The van der Waals surface area contributed by atoms with Crippen LogP contribution in [-0.4, -0.2) is 34.3 Å². The maximum absolute atomic E-state index is 12.6. The highest BCUT2D eigenvalue weighted by Gasteiger charge is 2.32. The molecule has 2 amide bonds. The van der Waals surface area contributed by atoms with Crippen LogP contribution in [0.1, 0.15) is 35.7 Å². The SMILES string of the molecule is CC1Oc2ccc(NC(=O)c3cccnc3Cl)cc2CN(CC2CC2)C1=O. The molecule has 7 heteroatoms. The normalized spacial score (nSPS) is 19.1. The molecule has 1 aromatic carbocycles. The second-order valence-electron chi connectivity index (χ2n) is 7.04. The van der Waals surface area contributed by atoms with E-state index >= 15 is 0 Å². The Morgan fingerprint density at radius 2 is 2.19 bits per heavy atom. The number of aromatic nitrogens is 1. The first-order chi connectivity index (χ1) is 13.0. The van der Waals surface area contributed by atoms with Crippen molar-refractivity contribution in [3.63, 3.8) is 0 Å². The number of ether oxygens (including phenoxy) is 1. The van der Waals surface area contributed by atoms with Crippen LogP contribution in [-0.2, 0) is 11.3 Å². The van der Waals surface area contributed by atoms with Gasteiger partial charge < -0.3 is 15.0 Å². The molecule has 2 heterocycles. The monoisotopic (exact) mass is 385 g/mol. The van der Waals surface area contributed by atoms with Crippen LogP contribution in [0.3, 0.4) is 0 Å². The highest BCUT2D eigenvalue weighted by Crippen LogP contribution is 2.33. The van der Waals surface area contributed by atoms with Crippen molar-refractivity contribution in [2.24, 2.45) is 5.92 Å². The first kappa shape index (κ1) is 17.8. The standard InChI is InChI=1S/C20H20ClN3O3/c1-12-20(26)24(10-13-4-5-13)11-14-9-15(6-7-17(14)27-12)23-19(25)16-3-2-8-22-18(16)21/h2-3,6-9,12-13H,4-5,10-11H2,1H3,(H,23,25). The smallest absolute Gasteiger partial charge is 0.263 e. The lowest BCUT2D eigenvalue weighted by molar-refractivity contribution is -0.137. The number of halogens is 1. The Labute approximate surface area is 162 Å². The molecule has 1 aromatic heterocycles. The Morgan fingerprint density at radius 3 is 2.93 bits per heavy atom. The van der Waals surface area contributed by atoms with Gasteiger partial charge in [0.15, 0.2) is 6.10 Å². The lowest BCUT2D eigenvalue weighted by atomic mass is 10.1. The number of nitrogens with zero attached hydrogens (tertiary/aromatic N) is 2. The van der Waals surface area contributed by atoms with Crippen molar-refractivity contribution in [1.29, 1.82) is 0 Å². The Balaban J connectivity index is 1.56. The number of pyridine rings is 1. The minimum atomic E-state index is -0.514. The van der Waals surface area contributed by atoms with E-state index in [9.17, 15) is 9.59 Å². The van der Waals surface area contributed by atoms with E-state index in [0.29, 0.717) is 29.5 Å². The van der Waals surface area contributed by atoms with Gasteiger partial charge in [0, 0.05) is 30.5 Å². The molecule has 0 spiro atoms. The van der Waals surface area contributed by atoms with Gasteiger partial charge in [-0.1, -0.05) is 11.6 Å². The summed E-state index contributed by atoms with van der Waals surface area (Å²) in [6.07, 6.45) is 3.37. The van der Waals surface area contributed by atoms with Crippen molar-refractivity contribution >= 4 is 29.1 Å². The maximum atomic E-state index is 12.6. The van der Waals surface area contributed by atoms with Crippen molar-refractivity contribution in [3.05, 3.63) is 52.8 Å². The number of nitrogens with one attached hydrogen (secondary N) is 1. The molecular formula is C20H20ClN3O3. The third-order valence-electron chi connectivity index (χ3n) is 4.82. The first-order valence-corrected chi connectivity index (χ1v) is 9.39. The van der Waals surface area contributed by atoms with Crippen LogP contribution in [0.15, 0.2) is 36.5 Å². The van der Waals surface area contributed by atoms with Crippen molar-refractivity contribution in [2.75, 3.05) is 11.9 Å². The van der Waals surface area contributed by atoms with E-state index in [4.69, 9.17) is 16.3 Å². The average molecular weight is 386 g/mol. The van der Waals surface area contributed by atoms with E-state index < -0.39 is 6.10 Å². The van der Waals surface area contributed by atoms with Gasteiger partial charge in [-0.25, -0.2) is 4.98 Å². The second-order valence-corrected chi connectivity index (χ2v) is 7.40. The number of carbonyl (C=O) groups is 2. The molecule has 4 rings (SSSR count). The van der Waals surface area contributed by atoms with Gasteiger partial charge in [0.25, 0.3) is 11.8 Å². The van der Waals surface area contributed by atoms with E-state index in [0.717, 1.165) is 12.1 Å². The second kappa shape index (κ2) is 7.19. The van der Waals surface area contributed by atoms with Crippen LogP contribution >= 0.6 is 11.6 Å². The summed E-state index contributed by atoms with van der Waals surface area (Å²) in [5, 5.41) is 2.99. The zero-order valence-corrected chi connectivity index (χ0v) is 15.7. The Morgan fingerprint density at radius 1 is 1.37 bits per heavy atom. The van der Waals surface area contributed by atoms with Gasteiger partial charge in [-0.3, -0.25) is 9.59 Å². The predicted octanol–water partition coefficient (Wildman–Crippen LogP) is 3.51. The molecule has 2 aliphatic rings. The van der Waals surface area contributed by atoms with Crippen LogP contribution in [0, 0.1) is 5.92 Å².